The Morgan fingerprint density at radius 1 is 1.07 bits per heavy atom. The SMILES string of the molecule is CN(c1ccnc(C2CCC2)n1)C1CN(c2ccc3nnc(C(C)(C)C)n3n2)C1. The molecular weight excluding hydrogens is 364 g/mol. The highest BCUT2D eigenvalue weighted by Gasteiger charge is 2.33. The predicted octanol–water partition coefficient (Wildman–Crippen LogP) is 2.80. The van der Waals surface area contributed by atoms with Gasteiger partial charge in [0.25, 0.3) is 0 Å². The normalized spacial score (nSPS) is 18.0. The van der Waals surface area contributed by atoms with E-state index in [0.29, 0.717) is 12.0 Å². The van der Waals surface area contributed by atoms with Crippen molar-refractivity contribution >= 4 is 17.3 Å². The van der Waals surface area contributed by atoms with E-state index in [-0.39, 0.29) is 5.41 Å². The molecule has 5 rings (SSSR count). The largest absolute Gasteiger partial charge is 0.353 e. The fraction of sp³-hybridized carbons (Fsp3) is 0.571. The van der Waals surface area contributed by atoms with Crippen LogP contribution in [0.2, 0.25) is 0 Å². The zero-order valence-corrected chi connectivity index (χ0v) is 17.6. The van der Waals surface area contributed by atoms with Crippen molar-refractivity contribution in [2.75, 3.05) is 29.9 Å². The maximum absolute atomic E-state index is 4.83. The minimum absolute atomic E-state index is 0.103. The van der Waals surface area contributed by atoms with E-state index >= 15 is 0 Å². The number of rotatable bonds is 4. The molecule has 0 amide bonds. The molecule has 152 valence electrons. The second kappa shape index (κ2) is 6.64. The highest BCUT2D eigenvalue weighted by atomic mass is 15.4. The van der Waals surface area contributed by atoms with Crippen LogP contribution in [0.1, 0.15) is 57.6 Å². The highest BCUT2D eigenvalue weighted by Crippen LogP contribution is 2.35. The summed E-state index contributed by atoms with van der Waals surface area (Å²) in [4.78, 5) is 13.9. The number of hydrogen-bond donors (Lipinski definition) is 0. The molecule has 0 spiro atoms. The number of hydrogen-bond acceptors (Lipinski definition) is 7. The van der Waals surface area contributed by atoms with E-state index in [0.717, 1.165) is 42.0 Å². The first-order chi connectivity index (χ1) is 13.9. The summed E-state index contributed by atoms with van der Waals surface area (Å²) in [5.41, 5.74) is 0.686. The number of likely N-dealkylation sites (N-methyl/N-ethyl adjacent to an activating group) is 1. The van der Waals surface area contributed by atoms with E-state index in [1.165, 1.54) is 19.3 Å². The van der Waals surface area contributed by atoms with Gasteiger partial charge in [0, 0.05) is 37.7 Å². The Morgan fingerprint density at radius 2 is 1.86 bits per heavy atom. The lowest BCUT2D eigenvalue weighted by Gasteiger charge is -2.45. The van der Waals surface area contributed by atoms with Crippen LogP contribution in [0.4, 0.5) is 11.6 Å². The Balaban J connectivity index is 1.30. The number of aromatic nitrogens is 6. The van der Waals surface area contributed by atoms with Crippen LogP contribution in [0, 0.1) is 0 Å². The molecule has 0 atom stereocenters. The van der Waals surface area contributed by atoms with Crippen LogP contribution in [-0.4, -0.2) is 56.0 Å². The zero-order chi connectivity index (χ0) is 20.2. The molecule has 4 heterocycles. The zero-order valence-electron chi connectivity index (χ0n) is 17.6. The van der Waals surface area contributed by atoms with Crippen LogP contribution < -0.4 is 9.80 Å². The first-order valence-electron chi connectivity index (χ1n) is 10.4. The molecule has 0 bridgehead atoms. The summed E-state index contributed by atoms with van der Waals surface area (Å²) in [6, 6.07) is 6.46. The maximum Gasteiger partial charge on any atom is 0.178 e. The van der Waals surface area contributed by atoms with Gasteiger partial charge in [0.15, 0.2) is 11.5 Å². The molecule has 3 aromatic heterocycles. The molecule has 8 heteroatoms. The van der Waals surface area contributed by atoms with E-state index in [1.807, 2.05) is 28.9 Å². The van der Waals surface area contributed by atoms with Crippen molar-refractivity contribution in [1.82, 2.24) is 29.8 Å². The third-order valence-electron chi connectivity index (χ3n) is 6.14. The van der Waals surface area contributed by atoms with Gasteiger partial charge in [-0.05, 0) is 31.0 Å². The van der Waals surface area contributed by atoms with Crippen molar-refractivity contribution in [3.8, 4) is 0 Å². The van der Waals surface area contributed by atoms with E-state index in [4.69, 9.17) is 10.1 Å². The van der Waals surface area contributed by atoms with Crippen molar-refractivity contribution in [3.63, 3.8) is 0 Å². The molecular formula is C21H28N8. The lowest BCUT2D eigenvalue weighted by Crippen LogP contribution is -2.59. The molecule has 0 unspecified atom stereocenters. The van der Waals surface area contributed by atoms with Gasteiger partial charge in [-0.2, -0.15) is 4.52 Å². The molecule has 1 saturated heterocycles. The van der Waals surface area contributed by atoms with Crippen molar-refractivity contribution in [2.24, 2.45) is 0 Å². The fourth-order valence-electron chi connectivity index (χ4n) is 3.91. The van der Waals surface area contributed by atoms with E-state index in [2.05, 4.69) is 52.8 Å². The van der Waals surface area contributed by atoms with E-state index < -0.39 is 0 Å². The smallest absolute Gasteiger partial charge is 0.178 e. The first kappa shape index (κ1) is 18.3. The summed E-state index contributed by atoms with van der Waals surface area (Å²) in [5, 5.41) is 13.4. The topological polar surface area (TPSA) is 75.3 Å². The van der Waals surface area contributed by atoms with Gasteiger partial charge < -0.3 is 9.80 Å². The summed E-state index contributed by atoms with van der Waals surface area (Å²) in [5.74, 6) is 4.42. The third kappa shape index (κ3) is 3.20. The Kier molecular flexibility index (Phi) is 4.18. The van der Waals surface area contributed by atoms with Crippen molar-refractivity contribution in [2.45, 2.75) is 57.4 Å². The predicted molar refractivity (Wildman–Crippen MR) is 113 cm³/mol. The average Bonchev–Trinajstić information content (AvgIpc) is 3.03. The highest BCUT2D eigenvalue weighted by molar-refractivity contribution is 5.51. The molecule has 1 aliphatic carbocycles. The summed E-state index contributed by atoms with van der Waals surface area (Å²) >= 11 is 0. The number of fused-ring (bicyclic) bond motifs is 1. The van der Waals surface area contributed by atoms with Crippen LogP contribution in [0.15, 0.2) is 24.4 Å². The van der Waals surface area contributed by atoms with E-state index in [1.54, 1.807) is 0 Å². The van der Waals surface area contributed by atoms with Gasteiger partial charge in [-0.25, -0.2) is 9.97 Å². The fourth-order valence-corrected chi connectivity index (χ4v) is 3.91. The second-order valence-corrected chi connectivity index (χ2v) is 9.31. The Hall–Kier alpha value is -2.77. The van der Waals surface area contributed by atoms with Gasteiger partial charge in [-0.3, -0.25) is 0 Å². The quantitative estimate of drug-likeness (QED) is 0.676. The summed E-state index contributed by atoms with van der Waals surface area (Å²) < 4.78 is 1.88. The van der Waals surface area contributed by atoms with Crippen LogP contribution in [0.3, 0.4) is 0 Å². The summed E-state index contributed by atoms with van der Waals surface area (Å²) in [6.45, 7) is 8.24. The van der Waals surface area contributed by atoms with Crippen LogP contribution >= 0.6 is 0 Å². The minimum Gasteiger partial charge on any atom is -0.353 e. The molecule has 2 fully saturated rings. The summed E-state index contributed by atoms with van der Waals surface area (Å²) in [6.07, 6.45) is 5.64. The Morgan fingerprint density at radius 3 is 2.55 bits per heavy atom. The van der Waals surface area contributed by atoms with Gasteiger partial charge in [-0.1, -0.05) is 27.2 Å². The number of nitrogens with zero attached hydrogens (tertiary/aromatic N) is 8. The van der Waals surface area contributed by atoms with Crippen LogP contribution in [0.25, 0.3) is 5.65 Å². The lowest BCUT2D eigenvalue weighted by molar-refractivity contribution is 0.400. The Bertz CT molecular complexity index is 1030. The molecule has 0 radical (unpaired) electrons. The van der Waals surface area contributed by atoms with Gasteiger partial charge >= 0.3 is 0 Å². The number of anilines is 2. The molecule has 3 aromatic rings. The maximum atomic E-state index is 4.83. The second-order valence-electron chi connectivity index (χ2n) is 9.31. The average molecular weight is 393 g/mol. The molecule has 29 heavy (non-hydrogen) atoms. The van der Waals surface area contributed by atoms with Gasteiger partial charge in [0.05, 0.1) is 6.04 Å². The van der Waals surface area contributed by atoms with Gasteiger partial charge in [-0.15, -0.1) is 15.3 Å². The Labute approximate surface area is 171 Å². The molecule has 0 aromatic carbocycles. The monoisotopic (exact) mass is 392 g/mol. The van der Waals surface area contributed by atoms with Gasteiger partial charge in [0.1, 0.15) is 17.5 Å². The third-order valence-corrected chi connectivity index (χ3v) is 6.14. The molecule has 0 N–H and O–H groups in total. The summed E-state index contributed by atoms with van der Waals surface area (Å²) in [7, 11) is 2.13. The van der Waals surface area contributed by atoms with Crippen molar-refractivity contribution in [3.05, 3.63) is 36.0 Å². The lowest BCUT2D eigenvalue weighted by atomic mass is 9.85. The van der Waals surface area contributed by atoms with Crippen molar-refractivity contribution in [1.29, 1.82) is 0 Å². The van der Waals surface area contributed by atoms with E-state index in [9.17, 15) is 0 Å². The standard InChI is InChI=1S/C21H28N8/c1-21(2,3)20-25-24-17-8-9-18(26-29(17)20)28-12-15(13-28)27(4)16-10-11-22-19(23-16)14-6-5-7-14/h8-11,14-15H,5-7,12-13H2,1-4H3. The molecule has 1 saturated carbocycles. The molecule has 8 nitrogen and oxygen atoms in total. The van der Waals surface area contributed by atoms with Crippen molar-refractivity contribution < 1.29 is 0 Å². The van der Waals surface area contributed by atoms with Crippen LogP contribution in [0.5, 0.6) is 0 Å². The minimum atomic E-state index is -0.103. The molecule has 1 aliphatic heterocycles. The van der Waals surface area contributed by atoms with Crippen LogP contribution in [-0.2, 0) is 5.41 Å². The first-order valence-corrected chi connectivity index (χ1v) is 10.4. The molecule has 2 aliphatic rings. The van der Waals surface area contributed by atoms with Gasteiger partial charge in [0.2, 0.25) is 0 Å².